The van der Waals surface area contributed by atoms with Gasteiger partial charge in [-0.2, -0.15) is 0 Å². The van der Waals surface area contributed by atoms with Gasteiger partial charge in [0, 0.05) is 17.7 Å². The van der Waals surface area contributed by atoms with Crippen molar-refractivity contribution in [2.45, 2.75) is 0 Å². The van der Waals surface area contributed by atoms with E-state index in [1.54, 1.807) is 0 Å². The van der Waals surface area contributed by atoms with Crippen LogP contribution in [0.2, 0.25) is 0 Å². The summed E-state index contributed by atoms with van der Waals surface area (Å²) in [6, 6.07) is 7.85. The normalized spacial score (nSPS) is 10.0. The Labute approximate surface area is 122 Å². The molecule has 0 aliphatic heterocycles. The number of nitro benzene ring substituents is 2. The molecule has 9 heteroatoms. The summed E-state index contributed by atoms with van der Waals surface area (Å²) < 4.78 is 5.22. The Bertz CT molecular complexity index is 773. The lowest BCUT2D eigenvalue weighted by Crippen LogP contribution is -2.22. The summed E-state index contributed by atoms with van der Waals surface area (Å²) in [6.45, 7) is 0. The average Bonchev–Trinajstić information content (AvgIpc) is 2.47. The van der Waals surface area contributed by atoms with E-state index in [1.807, 2.05) is 0 Å². The van der Waals surface area contributed by atoms with Crippen molar-refractivity contribution in [3.63, 3.8) is 0 Å². The highest BCUT2D eigenvalue weighted by molar-refractivity contribution is 5.89. The minimum Gasteiger partial charge on any atom is -0.545 e. The van der Waals surface area contributed by atoms with Gasteiger partial charge in [-0.25, -0.2) is 0 Å². The first-order valence-electron chi connectivity index (χ1n) is 5.80. The molecule has 9 nitrogen and oxygen atoms in total. The van der Waals surface area contributed by atoms with E-state index in [1.165, 1.54) is 18.2 Å². The molecule has 0 unspecified atom stereocenters. The summed E-state index contributed by atoms with van der Waals surface area (Å²) in [5, 5.41) is 32.4. The number of carboxylic acids is 1. The average molecular weight is 303 g/mol. The molecule has 0 aromatic heterocycles. The summed E-state index contributed by atoms with van der Waals surface area (Å²) >= 11 is 0. The van der Waals surface area contributed by atoms with Gasteiger partial charge in [-0.1, -0.05) is 6.07 Å². The highest BCUT2D eigenvalue weighted by Gasteiger charge is 2.14. The predicted molar refractivity (Wildman–Crippen MR) is 70.6 cm³/mol. The number of carboxylic acid groups (broad SMARTS) is 1. The van der Waals surface area contributed by atoms with Gasteiger partial charge in [-0.3, -0.25) is 20.2 Å². The molecule has 0 radical (unpaired) electrons. The van der Waals surface area contributed by atoms with E-state index >= 15 is 0 Å². The molecule has 0 N–H and O–H groups in total. The molecule has 0 amide bonds. The highest BCUT2D eigenvalue weighted by Crippen LogP contribution is 2.30. The largest absolute Gasteiger partial charge is 0.545 e. The van der Waals surface area contributed by atoms with Crippen LogP contribution in [0, 0.1) is 20.2 Å². The zero-order chi connectivity index (χ0) is 16.3. The number of ether oxygens (including phenoxy) is 1. The van der Waals surface area contributed by atoms with Crippen molar-refractivity contribution >= 4 is 17.3 Å². The maximum absolute atomic E-state index is 11.0. The fraction of sp³-hybridized carbons (Fsp3) is 0. The maximum atomic E-state index is 11.0. The zero-order valence-electron chi connectivity index (χ0n) is 10.8. The second kappa shape index (κ2) is 5.87. The van der Waals surface area contributed by atoms with Crippen LogP contribution in [0.1, 0.15) is 10.4 Å². The number of benzene rings is 2. The van der Waals surface area contributed by atoms with Crippen LogP contribution < -0.4 is 9.84 Å². The van der Waals surface area contributed by atoms with Gasteiger partial charge in [0.1, 0.15) is 11.5 Å². The molecule has 0 aliphatic carbocycles. The van der Waals surface area contributed by atoms with E-state index in [0.717, 1.165) is 24.3 Å². The molecule has 2 aromatic carbocycles. The molecule has 0 spiro atoms. The minimum absolute atomic E-state index is 0.0304. The van der Waals surface area contributed by atoms with Crippen LogP contribution in [-0.4, -0.2) is 15.8 Å². The molecule has 0 aliphatic rings. The van der Waals surface area contributed by atoms with Gasteiger partial charge in [0.05, 0.1) is 27.9 Å². The topological polar surface area (TPSA) is 136 Å². The lowest BCUT2D eigenvalue weighted by Gasteiger charge is -2.11. The van der Waals surface area contributed by atoms with Crippen LogP contribution >= 0.6 is 0 Å². The van der Waals surface area contributed by atoms with E-state index in [-0.39, 0.29) is 22.9 Å². The predicted octanol–water partition coefficient (Wildman–Crippen LogP) is 1.66. The van der Waals surface area contributed by atoms with Crippen LogP contribution in [0.4, 0.5) is 11.4 Å². The Hall–Kier alpha value is -3.49. The van der Waals surface area contributed by atoms with E-state index in [2.05, 4.69) is 0 Å². The van der Waals surface area contributed by atoms with Crippen molar-refractivity contribution in [2.75, 3.05) is 0 Å². The number of nitro groups is 2. The van der Waals surface area contributed by atoms with Gasteiger partial charge in [-0.05, 0) is 12.1 Å². The monoisotopic (exact) mass is 303 g/mol. The van der Waals surface area contributed by atoms with Crippen molar-refractivity contribution in [3.05, 3.63) is 68.3 Å². The molecule has 112 valence electrons. The quantitative estimate of drug-likeness (QED) is 0.605. The zero-order valence-corrected chi connectivity index (χ0v) is 10.8. The summed E-state index contributed by atoms with van der Waals surface area (Å²) in [7, 11) is 0. The summed E-state index contributed by atoms with van der Waals surface area (Å²) in [5.41, 5.74) is -1.06. The lowest BCUT2D eigenvalue weighted by molar-refractivity contribution is -0.385. The van der Waals surface area contributed by atoms with Crippen molar-refractivity contribution in [3.8, 4) is 11.5 Å². The van der Waals surface area contributed by atoms with Crippen molar-refractivity contribution in [1.82, 2.24) is 0 Å². The van der Waals surface area contributed by atoms with E-state index in [0.29, 0.717) is 0 Å². The second-order valence-corrected chi connectivity index (χ2v) is 4.08. The minimum atomic E-state index is -1.59. The summed E-state index contributed by atoms with van der Waals surface area (Å²) in [5.74, 6) is -1.96. The second-order valence-electron chi connectivity index (χ2n) is 4.08. The number of rotatable bonds is 5. The third-order valence-electron chi connectivity index (χ3n) is 2.65. The molecule has 0 heterocycles. The fourth-order valence-electron chi connectivity index (χ4n) is 1.67. The molecule has 0 bridgehead atoms. The van der Waals surface area contributed by atoms with Gasteiger partial charge < -0.3 is 14.6 Å². The molecular formula is C13H7N2O7-. The Balaban J connectivity index is 2.45. The molecule has 0 atom stereocenters. The first-order valence-corrected chi connectivity index (χ1v) is 5.80. The van der Waals surface area contributed by atoms with Gasteiger partial charge in [0.2, 0.25) is 0 Å². The summed E-state index contributed by atoms with van der Waals surface area (Å²) in [4.78, 5) is 31.0. The highest BCUT2D eigenvalue weighted by atomic mass is 16.6. The van der Waals surface area contributed by atoms with Crippen LogP contribution in [0.15, 0.2) is 42.5 Å². The first kappa shape index (κ1) is 14.9. The number of hydrogen-bond donors (Lipinski definition) is 0. The molecule has 22 heavy (non-hydrogen) atoms. The first-order chi connectivity index (χ1) is 10.4. The van der Waals surface area contributed by atoms with Gasteiger partial charge in [0.25, 0.3) is 11.4 Å². The van der Waals surface area contributed by atoms with Crippen molar-refractivity contribution in [2.24, 2.45) is 0 Å². The SMILES string of the molecule is O=C([O-])c1ccc([N+](=O)[O-])cc1Oc1cccc([N+](=O)[O-])c1. The number of carbonyl (C=O) groups is 1. The number of hydrogen-bond acceptors (Lipinski definition) is 7. The van der Waals surface area contributed by atoms with Crippen LogP contribution in [-0.2, 0) is 0 Å². The van der Waals surface area contributed by atoms with Gasteiger partial charge in [-0.15, -0.1) is 0 Å². The van der Waals surface area contributed by atoms with Crippen LogP contribution in [0.5, 0.6) is 11.5 Å². The number of carbonyl (C=O) groups excluding carboxylic acids is 1. The molecular weight excluding hydrogens is 296 g/mol. The van der Waals surface area contributed by atoms with E-state index in [9.17, 15) is 30.1 Å². The molecule has 0 fully saturated rings. The third kappa shape index (κ3) is 3.15. The van der Waals surface area contributed by atoms with Crippen LogP contribution in [0.3, 0.4) is 0 Å². The van der Waals surface area contributed by atoms with Gasteiger partial charge in [0.15, 0.2) is 0 Å². The Morgan fingerprint density at radius 3 is 2.18 bits per heavy atom. The standard InChI is InChI=1S/C13H8N2O7/c16-13(17)11-5-4-9(15(20)21)7-12(11)22-10-3-1-2-8(6-10)14(18)19/h1-7H,(H,16,17)/p-1. The molecule has 0 saturated heterocycles. The Kier molecular flexibility index (Phi) is 3.98. The van der Waals surface area contributed by atoms with E-state index < -0.39 is 21.4 Å². The number of aromatic carboxylic acids is 1. The maximum Gasteiger partial charge on any atom is 0.273 e. The van der Waals surface area contributed by atoms with Crippen molar-refractivity contribution < 1.29 is 24.5 Å². The van der Waals surface area contributed by atoms with Crippen molar-refractivity contribution in [1.29, 1.82) is 0 Å². The summed E-state index contributed by atoms with van der Waals surface area (Å²) in [6.07, 6.45) is 0. The number of nitrogens with zero attached hydrogens (tertiary/aromatic N) is 2. The Morgan fingerprint density at radius 2 is 1.59 bits per heavy atom. The molecule has 0 saturated carbocycles. The fourth-order valence-corrected chi connectivity index (χ4v) is 1.67. The number of non-ortho nitro benzene ring substituents is 2. The van der Waals surface area contributed by atoms with Crippen LogP contribution in [0.25, 0.3) is 0 Å². The molecule has 2 aromatic rings. The lowest BCUT2D eigenvalue weighted by atomic mass is 10.2. The van der Waals surface area contributed by atoms with Gasteiger partial charge >= 0.3 is 0 Å². The van der Waals surface area contributed by atoms with E-state index in [4.69, 9.17) is 4.74 Å². The third-order valence-corrected chi connectivity index (χ3v) is 2.65. The smallest absolute Gasteiger partial charge is 0.273 e. The Morgan fingerprint density at radius 1 is 0.955 bits per heavy atom. The molecule has 2 rings (SSSR count).